The van der Waals surface area contributed by atoms with Gasteiger partial charge in [0.05, 0.1) is 24.8 Å². The van der Waals surface area contributed by atoms with Crippen molar-refractivity contribution >= 4 is 17.6 Å². The summed E-state index contributed by atoms with van der Waals surface area (Å²) < 4.78 is 10.6. The summed E-state index contributed by atoms with van der Waals surface area (Å²) in [7, 11) is 0. The van der Waals surface area contributed by atoms with Crippen LogP contribution in [0, 0.1) is 4.91 Å². The van der Waals surface area contributed by atoms with Gasteiger partial charge < -0.3 is 19.9 Å². The third kappa shape index (κ3) is 14.5. The van der Waals surface area contributed by atoms with Crippen LogP contribution in [-0.2, 0) is 27.4 Å². The zero-order chi connectivity index (χ0) is 35.9. The summed E-state index contributed by atoms with van der Waals surface area (Å²) in [4.78, 5) is 45.2. The van der Waals surface area contributed by atoms with Crippen LogP contribution in [0.25, 0.3) is 0 Å². The normalized spacial score (nSPS) is 15.7. The Labute approximate surface area is 290 Å². The molecule has 0 fully saturated rings. The molecular formula is C39H52N4O6. The lowest BCUT2D eigenvalue weighted by molar-refractivity contribution is -0.119. The Bertz CT molecular complexity index is 1490. The van der Waals surface area contributed by atoms with Gasteiger partial charge in [-0.1, -0.05) is 92.2 Å². The second-order valence-corrected chi connectivity index (χ2v) is 11.3. The Kier molecular flexibility index (Phi) is 19.5. The number of ether oxygens (including phenoxy) is 1. The molecule has 264 valence electrons. The first-order valence-electron chi connectivity index (χ1n) is 17.2. The quantitative estimate of drug-likeness (QED) is 0.0768. The van der Waals surface area contributed by atoms with Crippen molar-refractivity contribution in [3.8, 4) is 0 Å². The first kappa shape index (κ1) is 40.5. The average molecular weight is 673 g/mol. The number of amides is 2. The highest BCUT2D eigenvalue weighted by molar-refractivity contribution is 5.97. The van der Waals surface area contributed by atoms with Crippen LogP contribution in [0.5, 0.6) is 0 Å². The van der Waals surface area contributed by atoms with E-state index in [1.54, 1.807) is 24.3 Å². The summed E-state index contributed by atoms with van der Waals surface area (Å²) >= 11 is 0. The molecule has 4 rings (SSSR count). The molecule has 0 spiro atoms. The van der Waals surface area contributed by atoms with Gasteiger partial charge in [-0.15, -0.1) is 4.91 Å². The number of aromatic nitrogens is 1. The monoisotopic (exact) mass is 672 g/mol. The molecular weight excluding hydrogens is 620 g/mol. The van der Waals surface area contributed by atoms with Crippen LogP contribution in [-0.4, -0.2) is 46.8 Å². The van der Waals surface area contributed by atoms with Crippen molar-refractivity contribution in [2.75, 3.05) is 13.2 Å². The van der Waals surface area contributed by atoms with Gasteiger partial charge in [0.2, 0.25) is 5.91 Å². The first-order valence-corrected chi connectivity index (χ1v) is 17.2. The number of primary amides is 1. The number of carbonyl (C=O) groups is 3. The highest BCUT2D eigenvalue weighted by Crippen LogP contribution is 2.37. The number of rotatable bonds is 17. The number of nitroso groups, excluding NO2 is 1. The third-order valence-electron chi connectivity index (χ3n) is 7.80. The van der Waals surface area contributed by atoms with Crippen LogP contribution in [0.15, 0.2) is 105 Å². The van der Waals surface area contributed by atoms with E-state index in [9.17, 15) is 19.3 Å². The molecule has 0 bridgehead atoms. The second kappa shape index (κ2) is 23.6. The van der Waals surface area contributed by atoms with Gasteiger partial charge in [-0.2, -0.15) is 0 Å². The maximum atomic E-state index is 11.3. The van der Waals surface area contributed by atoms with E-state index in [-0.39, 0.29) is 38.3 Å². The molecule has 2 N–H and O–H groups in total. The first-order chi connectivity index (χ1) is 23.8. The summed E-state index contributed by atoms with van der Waals surface area (Å²) in [6, 6.07) is 11.1. The predicted molar refractivity (Wildman–Crippen MR) is 193 cm³/mol. The number of benzene rings is 1. The van der Waals surface area contributed by atoms with E-state index in [1.165, 1.54) is 16.8 Å². The van der Waals surface area contributed by atoms with E-state index in [0.29, 0.717) is 17.4 Å². The molecule has 1 aromatic heterocycles. The molecule has 0 saturated carbocycles. The number of carbonyl (C=O) groups excluding carboxylic acids is 3. The molecule has 0 radical (unpaired) electrons. The number of Topliss-reactive ketones (excluding diaryl/α,β-unsaturated/α-hetero) is 1. The van der Waals surface area contributed by atoms with Crippen LogP contribution in [0.1, 0.15) is 101 Å². The van der Waals surface area contributed by atoms with Gasteiger partial charge in [0.15, 0.2) is 11.5 Å². The number of allylic oxidation sites excluding steroid dienone is 7. The SMILES string of the molecule is C/C=C\C/C=C1/C2=C(C=CCC=C2)N(CCCCCc2cc(COCCC(=O)N=O)on2)C1C.CC.NC(=O)CCC(=O)c1ccccc1. The minimum atomic E-state index is -0.707. The number of hydrogen-bond donors (Lipinski definition) is 1. The van der Waals surface area contributed by atoms with Gasteiger partial charge >= 0.3 is 0 Å². The zero-order valence-corrected chi connectivity index (χ0v) is 29.4. The standard InChI is InChI=1S/C27H35N3O4.C10H11NO2.C2H6/c1-3-4-7-13-24-21(2)30(26-15-10-5-9-14-25(24)26)17-11-6-8-12-22-19-23(34-29-22)20-33-18-16-27(31)28-32;11-10(13)7-6-9(12)8-4-2-1-3-5-8;1-2/h3-4,9-10,13-15,19,21H,5-8,11-12,16-18,20H2,1-2H3;1-5H,6-7H2,(H2,11,13);1-2H3/b4-3-,24-13+;;. The van der Waals surface area contributed by atoms with Crippen molar-refractivity contribution in [3.63, 3.8) is 0 Å². The molecule has 49 heavy (non-hydrogen) atoms. The average Bonchev–Trinajstić information content (AvgIpc) is 3.57. The summed E-state index contributed by atoms with van der Waals surface area (Å²) in [6.07, 6.45) is 22.1. The van der Waals surface area contributed by atoms with Gasteiger partial charge in [-0.25, -0.2) is 0 Å². The van der Waals surface area contributed by atoms with E-state index < -0.39 is 11.8 Å². The molecule has 1 aliphatic heterocycles. The fourth-order valence-electron chi connectivity index (χ4n) is 5.33. The van der Waals surface area contributed by atoms with E-state index in [4.69, 9.17) is 15.0 Å². The molecule has 2 heterocycles. The largest absolute Gasteiger partial charge is 0.373 e. The molecule has 10 heteroatoms. The van der Waals surface area contributed by atoms with Gasteiger partial charge in [-0.05, 0) is 57.6 Å². The van der Waals surface area contributed by atoms with Crippen molar-refractivity contribution in [3.05, 3.63) is 118 Å². The summed E-state index contributed by atoms with van der Waals surface area (Å²) in [5.74, 6) is -0.567. The maximum Gasteiger partial charge on any atom is 0.288 e. The van der Waals surface area contributed by atoms with Crippen LogP contribution in [0.2, 0.25) is 0 Å². The van der Waals surface area contributed by atoms with Gasteiger partial charge in [0, 0.05) is 47.5 Å². The molecule has 0 saturated heterocycles. The molecule has 2 aromatic rings. The highest BCUT2D eigenvalue weighted by atomic mass is 16.5. The Morgan fingerprint density at radius 2 is 1.82 bits per heavy atom. The molecule has 1 aliphatic carbocycles. The second-order valence-electron chi connectivity index (χ2n) is 11.3. The number of aryl methyl sites for hydroxylation is 1. The third-order valence-corrected chi connectivity index (χ3v) is 7.80. The Hall–Kier alpha value is -4.70. The fourth-order valence-corrected chi connectivity index (χ4v) is 5.33. The fraction of sp³-hybridized carbons (Fsp3) is 0.436. The van der Waals surface area contributed by atoms with Crippen LogP contribution in [0.4, 0.5) is 0 Å². The van der Waals surface area contributed by atoms with Crippen molar-refractivity contribution < 1.29 is 23.6 Å². The van der Waals surface area contributed by atoms with E-state index in [1.807, 2.05) is 26.0 Å². The van der Waals surface area contributed by atoms with Crippen LogP contribution in [0.3, 0.4) is 0 Å². The van der Waals surface area contributed by atoms with Gasteiger partial charge in [0.1, 0.15) is 6.61 Å². The maximum absolute atomic E-state index is 11.3. The number of ketones is 1. The zero-order valence-electron chi connectivity index (χ0n) is 29.4. The van der Waals surface area contributed by atoms with E-state index >= 15 is 0 Å². The number of unbranched alkanes of at least 4 members (excludes halogenated alkanes) is 2. The molecule has 2 amide bonds. The molecule has 10 nitrogen and oxygen atoms in total. The summed E-state index contributed by atoms with van der Waals surface area (Å²) in [6.45, 7) is 9.78. The summed E-state index contributed by atoms with van der Waals surface area (Å²) in [5, 5.41) is 6.44. The number of hydrogen-bond acceptors (Lipinski definition) is 8. The molecule has 1 unspecified atom stereocenters. The molecule has 2 aliphatic rings. The topological polar surface area (TPSA) is 145 Å². The van der Waals surface area contributed by atoms with Crippen LogP contribution >= 0.6 is 0 Å². The van der Waals surface area contributed by atoms with Crippen molar-refractivity contribution in [1.82, 2.24) is 10.1 Å². The van der Waals surface area contributed by atoms with Crippen LogP contribution < -0.4 is 5.73 Å². The lowest BCUT2D eigenvalue weighted by atomic mass is 10.0. The highest BCUT2D eigenvalue weighted by Gasteiger charge is 2.30. The number of nitrogens with zero attached hydrogens (tertiary/aromatic N) is 3. The Morgan fingerprint density at radius 1 is 1.06 bits per heavy atom. The van der Waals surface area contributed by atoms with Crippen molar-refractivity contribution in [1.29, 1.82) is 0 Å². The van der Waals surface area contributed by atoms with Gasteiger partial charge in [-0.3, -0.25) is 14.4 Å². The van der Waals surface area contributed by atoms with Crippen molar-refractivity contribution in [2.24, 2.45) is 10.9 Å². The predicted octanol–water partition coefficient (Wildman–Crippen LogP) is 8.12. The van der Waals surface area contributed by atoms with E-state index in [2.05, 4.69) is 71.6 Å². The lowest BCUT2D eigenvalue weighted by Gasteiger charge is -2.26. The lowest BCUT2D eigenvalue weighted by Crippen LogP contribution is -2.29. The molecule has 1 atom stereocenters. The van der Waals surface area contributed by atoms with Gasteiger partial charge in [0.25, 0.3) is 5.91 Å². The smallest absolute Gasteiger partial charge is 0.288 e. The minimum absolute atomic E-state index is 0.0162. The summed E-state index contributed by atoms with van der Waals surface area (Å²) in [5.41, 5.74) is 10.6. The Balaban J connectivity index is 0.000000464. The molecule has 1 aromatic carbocycles. The van der Waals surface area contributed by atoms with Crippen molar-refractivity contribution in [2.45, 2.75) is 98.1 Å². The Morgan fingerprint density at radius 3 is 2.53 bits per heavy atom. The minimum Gasteiger partial charge on any atom is -0.373 e. The number of nitrogens with two attached hydrogens (primary N) is 1. The van der Waals surface area contributed by atoms with E-state index in [0.717, 1.165) is 50.8 Å².